The zero-order chi connectivity index (χ0) is 19.5. The monoisotopic (exact) mass is 382 g/mol. The number of furan rings is 1. The number of likely N-dealkylation sites (N-methyl/N-ethyl adjacent to an activating group) is 1. The van der Waals surface area contributed by atoms with Gasteiger partial charge in [-0.2, -0.15) is 0 Å². The van der Waals surface area contributed by atoms with Crippen LogP contribution in [-0.4, -0.2) is 49.0 Å². The summed E-state index contributed by atoms with van der Waals surface area (Å²) in [7, 11) is 2.14. The summed E-state index contributed by atoms with van der Waals surface area (Å²) in [6.07, 6.45) is 4.13. The summed E-state index contributed by atoms with van der Waals surface area (Å²) in [6.45, 7) is 6.76. The first-order valence-electron chi connectivity index (χ1n) is 10.3. The average Bonchev–Trinajstić information content (AvgIpc) is 3.25. The van der Waals surface area contributed by atoms with Crippen LogP contribution in [0.25, 0.3) is 0 Å². The predicted octanol–water partition coefficient (Wildman–Crippen LogP) is 2.80. The SMILES string of the molecule is CC1CC1c1ccc(CCC(=O)NCc2cccnc2N2CCN(C)CC2)o1. The number of amides is 1. The normalized spacial score (nSPS) is 22.3. The molecule has 2 aromatic heterocycles. The van der Waals surface area contributed by atoms with E-state index in [0.29, 0.717) is 25.3 Å². The molecule has 2 unspecified atom stereocenters. The van der Waals surface area contributed by atoms with Crippen molar-refractivity contribution >= 4 is 11.7 Å². The molecule has 3 heterocycles. The highest BCUT2D eigenvalue weighted by atomic mass is 16.3. The van der Waals surface area contributed by atoms with Gasteiger partial charge in [0.05, 0.1) is 0 Å². The highest BCUT2D eigenvalue weighted by Gasteiger charge is 2.36. The highest BCUT2D eigenvalue weighted by Crippen LogP contribution is 2.47. The van der Waals surface area contributed by atoms with Crippen LogP contribution >= 0.6 is 0 Å². The van der Waals surface area contributed by atoms with E-state index in [-0.39, 0.29) is 5.91 Å². The van der Waals surface area contributed by atoms with E-state index < -0.39 is 0 Å². The van der Waals surface area contributed by atoms with Gasteiger partial charge in [-0.3, -0.25) is 4.79 Å². The molecule has 0 radical (unpaired) electrons. The molecule has 0 bridgehead atoms. The van der Waals surface area contributed by atoms with E-state index >= 15 is 0 Å². The molecular weight excluding hydrogens is 352 g/mol. The zero-order valence-corrected chi connectivity index (χ0v) is 16.9. The maximum atomic E-state index is 12.3. The Hall–Kier alpha value is -2.34. The molecule has 4 rings (SSSR count). The number of hydrogen-bond acceptors (Lipinski definition) is 5. The summed E-state index contributed by atoms with van der Waals surface area (Å²) in [5, 5.41) is 3.05. The van der Waals surface area contributed by atoms with Gasteiger partial charge in [0.1, 0.15) is 17.3 Å². The number of aromatic nitrogens is 1. The number of aryl methyl sites for hydroxylation is 1. The number of nitrogens with zero attached hydrogens (tertiary/aromatic N) is 3. The molecule has 1 saturated carbocycles. The van der Waals surface area contributed by atoms with Crippen molar-refractivity contribution in [2.75, 3.05) is 38.1 Å². The zero-order valence-electron chi connectivity index (χ0n) is 16.9. The number of nitrogens with one attached hydrogen (secondary N) is 1. The van der Waals surface area contributed by atoms with Crippen LogP contribution < -0.4 is 10.2 Å². The molecule has 6 nitrogen and oxygen atoms in total. The topological polar surface area (TPSA) is 61.6 Å². The summed E-state index contributed by atoms with van der Waals surface area (Å²) >= 11 is 0. The van der Waals surface area contributed by atoms with Gasteiger partial charge in [-0.15, -0.1) is 0 Å². The van der Waals surface area contributed by atoms with E-state index in [2.05, 4.69) is 46.2 Å². The number of hydrogen-bond donors (Lipinski definition) is 1. The van der Waals surface area contributed by atoms with Crippen molar-refractivity contribution in [2.24, 2.45) is 5.92 Å². The standard InChI is InChI=1S/C22H30N4O2/c1-16-14-19(16)20-7-5-18(28-20)6-8-21(27)24-15-17-4-3-9-23-22(17)26-12-10-25(2)11-13-26/h3-5,7,9,16,19H,6,8,10-15H2,1-2H3,(H,24,27). The van der Waals surface area contributed by atoms with Gasteiger partial charge in [-0.05, 0) is 37.6 Å². The third kappa shape index (κ3) is 4.55. The van der Waals surface area contributed by atoms with Crippen LogP contribution in [0.5, 0.6) is 0 Å². The summed E-state index contributed by atoms with van der Waals surface area (Å²) in [5.74, 6) is 4.34. The smallest absolute Gasteiger partial charge is 0.220 e. The van der Waals surface area contributed by atoms with Crippen LogP contribution in [0.3, 0.4) is 0 Å². The fourth-order valence-electron chi connectivity index (χ4n) is 3.84. The van der Waals surface area contributed by atoms with Crippen molar-refractivity contribution in [3.05, 3.63) is 47.5 Å². The minimum atomic E-state index is 0.0471. The molecule has 1 aliphatic carbocycles. The average molecular weight is 383 g/mol. The molecule has 150 valence electrons. The molecule has 1 aliphatic heterocycles. The van der Waals surface area contributed by atoms with Crippen molar-refractivity contribution in [1.29, 1.82) is 0 Å². The molecule has 0 spiro atoms. The molecule has 2 atom stereocenters. The Kier molecular flexibility index (Phi) is 5.67. The van der Waals surface area contributed by atoms with Crippen LogP contribution in [0, 0.1) is 5.92 Å². The lowest BCUT2D eigenvalue weighted by atomic mass is 10.2. The first-order chi connectivity index (χ1) is 13.6. The van der Waals surface area contributed by atoms with Crippen molar-refractivity contribution < 1.29 is 9.21 Å². The first kappa shape index (κ1) is 19.0. The number of piperazine rings is 1. The number of anilines is 1. The second kappa shape index (κ2) is 8.35. The summed E-state index contributed by atoms with van der Waals surface area (Å²) < 4.78 is 5.90. The van der Waals surface area contributed by atoms with Gasteiger partial charge in [0.25, 0.3) is 0 Å². The molecule has 1 amide bonds. The van der Waals surface area contributed by atoms with Crippen LogP contribution in [0.1, 0.15) is 42.8 Å². The Balaban J connectivity index is 1.27. The van der Waals surface area contributed by atoms with Gasteiger partial charge >= 0.3 is 0 Å². The van der Waals surface area contributed by atoms with E-state index in [9.17, 15) is 4.79 Å². The summed E-state index contributed by atoms with van der Waals surface area (Å²) in [4.78, 5) is 21.5. The Labute approximate surface area is 166 Å². The number of pyridine rings is 1. The van der Waals surface area contributed by atoms with Gasteiger partial charge in [-0.25, -0.2) is 4.98 Å². The quantitative estimate of drug-likeness (QED) is 0.798. The lowest BCUT2D eigenvalue weighted by molar-refractivity contribution is -0.121. The Bertz CT molecular complexity index is 810. The Morgan fingerprint density at radius 3 is 2.79 bits per heavy atom. The molecule has 2 aliphatic rings. The minimum absolute atomic E-state index is 0.0471. The molecule has 6 heteroatoms. The largest absolute Gasteiger partial charge is 0.466 e. The van der Waals surface area contributed by atoms with Gasteiger partial charge < -0.3 is 19.5 Å². The molecule has 2 aromatic rings. The van der Waals surface area contributed by atoms with Crippen LogP contribution in [-0.2, 0) is 17.8 Å². The molecule has 2 fully saturated rings. The third-order valence-corrected chi connectivity index (χ3v) is 5.90. The maximum absolute atomic E-state index is 12.3. The number of carbonyl (C=O) groups excluding carboxylic acids is 1. The van der Waals surface area contributed by atoms with Gasteiger partial charge in [0, 0.05) is 63.2 Å². The molecule has 28 heavy (non-hydrogen) atoms. The van der Waals surface area contributed by atoms with Crippen molar-refractivity contribution in [2.45, 2.75) is 38.6 Å². The molecular formula is C22H30N4O2. The lowest BCUT2D eigenvalue weighted by Gasteiger charge is -2.34. The van der Waals surface area contributed by atoms with Gasteiger partial charge in [0.2, 0.25) is 5.91 Å². The first-order valence-corrected chi connectivity index (χ1v) is 10.3. The second-order valence-electron chi connectivity index (χ2n) is 8.18. The van der Waals surface area contributed by atoms with Crippen molar-refractivity contribution in [3.63, 3.8) is 0 Å². The van der Waals surface area contributed by atoms with E-state index in [1.807, 2.05) is 18.3 Å². The van der Waals surface area contributed by atoms with Crippen LogP contribution in [0.15, 0.2) is 34.9 Å². The second-order valence-corrected chi connectivity index (χ2v) is 8.18. The maximum Gasteiger partial charge on any atom is 0.220 e. The van der Waals surface area contributed by atoms with Gasteiger partial charge in [-0.1, -0.05) is 13.0 Å². The van der Waals surface area contributed by atoms with Crippen molar-refractivity contribution in [1.82, 2.24) is 15.2 Å². The Morgan fingerprint density at radius 1 is 1.25 bits per heavy atom. The van der Waals surface area contributed by atoms with E-state index in [1.54, 1.807) is 0 Å². The van der Waals surface area contributed by atoms with Gasteiger partial charge in [0.15, 0.2) is 0 Å². The fraction of sp³-hybridized carbons (Fsp3) is 0.545. The van der Waals surface area contributed by atoms with E-state index in [1.165, 1.54) is 6.42 Å². The van der Waals surface area contributed by atoms with Crippen LogP contribution in [0.2, 0.25) is 0 Å². The lowest BCUT2D eigenvalue weighted by Crippen LogP contribution is -2.45. The summed E-state index contributed by atoms with van der Waals surface area (Å²) in [5.41, 5.74) is 1.07. The van der Waals surface area contributed by atoms with E-state index in [0.717, 1.165) is 55.0 Å². The Morgan fingerprint density at radius 2 is 2.04 bits per heavy atom. The van der Waals surface area contributed by atoms with E-state index in [4.69, 9.17) is 4.42 Å². The number of carbonyl (C=O) groups is 1. The van der Waals surface area contributed by atoms with Crippen LogP contribution in [0.4, 0.5) is 5.82 Å². The molecule has 1 saturated heterocycles. The predicted molar refractivity (Wildman–Crippen MR) is 109 cm³/mol. The number of rotatable bonds is 7. The minimum Gasteiger partial charge on any atom is -0.466 e. The molecule has 1 N–H and O–H groups in total. The highest BCUT2D eigenvalue weighted by molar-refractivity contribution is 5.76. The fourth-order valence-corrected chi connectivity index (χ4v) is 3.84. The third-order valence-electron chi connectivity index (χ3n) is 5.90. The van der Waals surface area contributed by atoms with Crippen molar-refractivity contribution in [3.8, 4) is 0 Å². The summed E-state index contributed by atoms with van der Waals surface area (Å²) in [6, 6.07) is 8.07. The molecule has 0 aromatic carbocycles.